The number of hydrogen-bond acceptors (Lipinski definition) is 6. The highest BCUT2D eigenvalue weighted by Gasteiger charge is 2.29. The smallest absolute Gasteiger partial charge is 0.249 e. The molecule has 0 saturated heterocycles. The van der Waals surface area contributed by atoms with Crippen LogP contribution in [0.1, 0.15) is 6.92 Å². The van der Waals surface area contributed by atoms with Crippen LogP contribution in [0.4, 0.5) is 15.2 Å². The van der Waals surface area contributed by atoms with Crippen molar-refractivity contribution in [2.45, 2.75) is 13.0 Å². The van der Waals surface area contributed by atoms with E-state index in [9.17, 15) is 17.6 Å². The molecule has 0 spiro atoms. The number of aromatic nitrogens is 2. The maximum Gasteiger partial charge on any atom is 0.249 e. The molecule has 7 nitrogen and oxygen atoms in total. The summed E-state index contributed by atoms with van der Waals surface area (Å²) in [5, 5.41) is 11.5. The summed E-state index contributed by atoms with van der Waals surface area (Å²) in [4.78, 5) is 12.6. The number of anilines is 2. The fourth-order valence-electron chi connectivity index (χ4n) is 2.58. The molecule has 10 heteroatoms. The lowest BCUT2D eigenvalue weighted by Crippen LogP contribution is -2.45. The Kier molecular flexibility index (Phi) is 5.71. The van der Waals surface area contributed by atoms with Gasteiger partial charge in [-0.2, -0.15) is 0 Å². The highest BCUT2D eigenvalue weighted by atomic mass is 32.2. The van der Waals surface area contributed by atoms with Crippen LogP contribution >= 0.6 is 11.3 Å². The van der Waals surface area contributed by atoms with E-state index < -0.39 is 27.8 Å². The second-order valence-electron chi connectivity index (χ2n) is 5.98. The van der Waals surface area contributed by atoms with Crippen LogP contribution < -0.4 is 9.62 Å². The van der Waals surface area contributed by atoms with E-state index in [1.54, 1.807) is 0 Å². The highest BCUT2D eigenvalue weighted by Crippen LogP contribution is 2.27. The number of hydrogen-bond donors (Lipinski definition) is 1. The molecule has 0 fully saturated rings. The van der Waals surface area contributed by atoms with Gasteiger partial charge in [-0.3, -0.25) is 14.4 Å². The lowest BCUT2D eigenvalue weighted by atomic mass is 10.2. The molecule has 0 aliphatic heterocycles. The molecule has 2 aromatic carbocycles. The Labute approximate surface area is 165 Å². The minimum atomic E-state index is -3.79. The zero-order chi connectivity index (χ0) is 20.3. The molecule has 1 N–H and O–H groups in total. The van der Waals surface area contributed by atoms with Crippen LogP contribution in [0.2, 0.25) is 0 Å². The molecule has 0 radical (unpaired) electrons. The zero-order valence-corrected chi connectivity index (χ0v) is 16.7. The summed E-state index contributed by atoms with van der Waals surface area (Å²) in [5.41, 5.74) is 1.05. The van der Waals surface area contributed by atoms with Crippen LogP contribution in [-0.4, -0.2) is 36.8 Å². The standard InChI is InChI=1S/C18H17FN4O3S2/c1-12(23(28(2,25)26)15-10-8-14(19)9-11-15)16(24)20-18-22-21-17(27-18)13-6-4-3-5-7-13/h3-12H,1-2H3,(H,20,22,24). The lowest BCUT2D eigenvalue weighted by Gasteiger charge is -2.27. The predicted molar refractivity (Wildman–Crippen MR) is 107 cm³/mol. The Bertz CT molecular complexity index is 1070. The minimum Gasteiger partial charge on any atom is -0.299 e. The normalized spacial score (nSPS) is 12.4. The monoisotopic (exact) mass is 420 g/mol. The average molecular weight is 420 g/mol. The second kappa shape index (κ2) is 8.03. The Morgan fingerprint density at radius 1 is 1.11 bits per heavy atom. The van der Waals surface area contributed by atoms with Crippen molar-refractivity contribution in [2.24, 2.45) is 0 Å². The molecule has 0 saturated carbocycles. The van der Waals surface area contributed by atoms with Gasteiger partial charge in [0.2, 0.25) is 21.1 Å². The summed E-state index contributed by atoms with van der Waals surface area (Å²) in [7, 11) is -3.79. The molecule has 0 aliphatic carbocycles. The third-order valence-electron chi connectivity index (χ3n) is 3.85. The largest absolute Gasteiger partial charge is 0.299 e. The molecule has 0 bridgehead atoms. The molecular weight excluding hydrogens is 403 g/mol. The van der Waals surface area contributed by atoms with Gasteiger partial charge in [0.1, 0.15) is 16.9 Å². The third kappa shape index (κ3) is 4.52. The number of carbonyl (C=O) groups excluding carboxylic acids is 1. The van der Waals surface area contributed by atoms with Crippen LogP contribution in [0.5, 0.6) is 0 Å². The van der Waals surface area contributed by atoms with Crippen LogP contribution in [0.3, 0.4) is 0 Å². The van der Waals surface area contributed by atoms with Crippen LogP contribution in [-0.2, 0) is 14.8 Å². The predicted octanol–water partition coefficient (Wildman–Crippen LogP) is 3.14. The van der Waals surface area contributed by atoms with E-state index in [0.29, 0.717) is 5.01 Å². The van der Waals surface area contributed by atoms with Crippen molar-refractivity contribution >= 4 is 38.1 Å². The Morgan fingerprint density at radius 2 is 1.75 bits per heavy atom. The van der Waals surface area contributed by atoms with E-state index in [2.05, 4.69) is 15.5 Å². The van der Waals surface area contributed by atoms with E-state index in [0.717, 1.165) is 28.3 Å². The van der Waals surface area contributed by atoms with Gasteiger partial charge in [0, 0.05) is 5.56 Å². The number of halogens is 1. The summed E-state index contributed by atoms with van der Waals surface area (Å²) in [6, 6.07) is 13.1. The summed E-state index contributed by atoms with van der Waals surface area (Å²) in [6.07, 6.45) is 0.985. The van der Waals surface area contributed by atoms with Crippen molar-refractivity contribution in [1.82, 2.24) is 10.2 Å². The van der Waals surface area contributed by atoms with Crippen molar-refractivity contribution < 1.29 is 17.6 Å². The molecule has 1 heterocycles. The fourth-order valence-corrected chi connectivity index (χ4v) is 4.50. The maximum atomic E-state index is 13.2. The fraction of sp³-hybridized carbons (Fsp3) is 0.167. The number of nitrogens with zero attached hydrogens (tertiary/aromatic N) is 3. The first kappa shape index (κ1) is 19.9. The van der Waals surface area contributed by atoms with Gasteiger partial charge in [-0.15, -0.1) is 10.2 Å². The molecule has 1 unspecified atom stereocenters. The summed E-state index contributed by atoms with van der Waals surface area (Å²) >= 11 is 1.18. The van der Waals surface area contributed by atoms with E-state index in [-0.39, 0.29) is 10.8 Å². The molecule has 3 aromatic rings. The Hall–Kier alpha value is -2.85. The summed E-state index contributed by atoms with van der Waals surface area (Å²) in [6.45, 7) is 1.44. The van der Waals surface area contributed by atoms with Crippen molar-refractivity contribution in [3.8, 4) is 10.6 Å². The Morgan fingerprint density at radius 3 is 2.36 bits per heavy atom. The van der Waals surface area contributed by atoms with Gasteiger partial charge in [-0.25, -0.2) is 12.8 Å². The van der Waals surface area contributed by atoms with E-state index in [4.69, 9.17) is 0 Å². The number of carbonyl (C=O) groups is 1. The van der Waals surface area contributed by atoms with Gasteiger partial charge in [0.15, 0.2) is 0 Å². The average Bonchev–Trinajstić information content (AvgIpc) is 3.11. The van der Waals surface area contributed by atoms with Crippen molar-refractivity contribution in [2.75, 3.05) is 15.9 Å². The van der Waals surface area contributed by atoms with Gasteiger partial charge in [0.05, 0.1) is 11.9 Å². The Balaban J connectivity index is 1.80. The van der Waals surface area contributed by atoms with Crippen molar-refractivity contribution in [3.05, 3.63) is 60.4 Å². The van der Waals surface area contributed by atoms with Crippen molar-refractivity contribution in [1.29, 1.82) is 0 Å². The molecule has 1 amide bonds. The van der Waals surface area contributed by atoms with E-state index in [1.807, 2.05) is 30.3 Å². The zero-order valence-electron chi connectivity index (χ0n) is 15.0. The number of sulfonamides is 1. The molecule has 1 atom stereocenters. The van der Waals surface area contributed by atoms with Crippen LogP contribution in [0.25, 0.3) is 10.6 Å². The maximum absolute atomic E-state index is 13.2. The van der Waals surface area contributed by atoms with E-state index in [1.165, 1.54) is 30.4 Å². The lowest BCUT2D eigenvalue weighted by molar-refractivity contribution is -0.116. The SMILES string of the molecule is CC(C(=O)Nc1nnc(-c2ccccc2)s1)N(c1ccc(F)cc1)S(C)(=O)=O. The topological polar surface area (TPSA) is 92.3 Å². The van der Waals surface area contributed by atoms with Crippen molar-refractivity contribution in [3.63, 3.8) is 0 Å². The van der Waals surface area contributed by atoms with Gasteiger partial charge >= 0.3 is 0 Å². The molecule has 1 aromatic heterocycles. The summed E-state index contributed by atoms with van der Waals surface area (Å²) < 4.78 is 38.6. The highest BCUT2D eigenvalue weighted by molar-refractivity contribution is 7.92. The second-order valence-corrected chi connectivity index (χ2v) is 8.82. The first-order chi connectivity index (χ1) is 13.3. The van der Waals surface area contributed by atoms with E-state index >= 15 is 0 Å². The van der Waals surface area contributed by atoms with Gasteiger partial charge in [-0.1, -0.05) is 41.7 Å². The number of rotatable bonds is 6. The van der Waals surface area contributed by atoms with Crippen LogP contribution in [0, 0.1) is 5.82 Å². The van der Waals surface area contributed by atoms with Crippen LogP contribution in [0.15, 0.2) is 54.6 Å². The number of nitrogens with one attached hydrogen (secondary N) is 1. The number of benzene rings is 2. The molecule has 28 heavy (non-hydrogen) atoms. The third-order valence-corrected chi connectivity index (χ3v) is 5.97. The minimum absolute atomic E-state index is 0.189. The van der Waals surface area contributed by atoms with Gasteiger partial charge in [-0.05, 0) is 31.2 Å². The molecule has 146 valence electrons. The molecule has 3 rings (SSSR count). The van der Waals surface area contributed by atoms with Gasteiger partial charge < -0.3 is 0 Å². The molecule has 0 aliphatic rings. The quantitative estimate of drug-likeness (QED) is 0.661. The van der Waals surface area contributed by atoms with Gasteiger partial charge in [0.25, 0.3) is 0 Å². The first-order valence-corrected chi connectivity index (χ1v) is 10.9. The molecular formula is C18H17FN4O3S2. The first-order valence-electron chi connectivity index (χ1n) is 8.20. The number of amides is 1. The summed E-state index contributed by atoms with van der Waals surface area (Å²) in [5.74, 6) is -1.08.